The van der Waals surface area contributed by atoms with E-state index in [0.717, 1.165) is 23.2 Å². The van der Waals surface area contributed by atoms with E-state index in [0.29, 0.717) is 18.5 Å². The molecular formula is C21H24N2O3S. The van der Waals surface area contributed by atoms with E-state index < -0.39 is 4.93 Å². The van der Waals surface area contributed by atoms with Gasteiger partial charge in [0.1, 0.15) is 0 Å². The first-order valence-corrected chi connectivity index (χ1v) is 9.71. The Hall–Kier alpha value is -2.49. The number of aliphatic hydroxyl groups is 1. The monoisotopic (exact) mass is 384 g/mol. The largest absolute Gasteiger partial charge is 0.373 e. The third-order valence-corrected chi connectivity index (χ3v) is 5.49. The van der Waals surface area contributed by atoms with Crippen LogP contribution in [0.15, 0.2) is 48.5 Å². The maximum atomic E-state index is 11.1. The molecule has 5 nitrogen and oxygen atoms in total. The quantitative estimate of drug-likeness (QED) is 0.263. The predicted octanol–water partition coefficient (Wildman–Crippen LogP) is 4.37. The number of hydrogen-bond acceptors (Lipinski definition) is 5. The van der Waals surface area contributed by atoms with Crippen molar-refractivity contribution < 1.29 is 10.0 Å². The average Bonchev–Trinajstić information content (AvgIpc) is 3.00. The topological polar surface area (TPSA) is 66.6 Å². The summed E-state index contributed by atoms with van der Waals surface area (Å²) in [7, 11) is 0. The van der Waals surface area contributed by atoms with Crippen molar-refractivity contribution in [3.05, 3.63) is 75.3 Å². The van der Waals surface area contributed by atoms with E-state index in [1.54, 1.807) is 24.3 Å². The van der Waals surface area contributed by atoms with Crippen molar-refractivity contribution >= 4 is 17.6 Å². The lowest BCUT2D eigenvalue weighted by atomic mass is 10.1. The summed E-state index contributed by atoms with van der Waals surface area (Å²) in [5.41, 5.74) is 3.52. The van der Waals surface area contributed by atoms with Crippen LogP contribution in [0, 0.1) is 22.5 Å². The summed E-state index contributed by atoms with van der Waals surface area (Å²) in [6.07, 6.45) is 6.95. The van der Waals surface area contributed by atoms with Crippen LogP contribution in [-0.2, 0) is 17.9 Å². The molecule has 2 aromatic rings. The van der Waals surface area contributed by atoms with Crippen molar-refractivity contribution in [2.75, 3.05) is 10.8 Å². The SMILES string of the molecule is C#CCN(SC1(O)CCc2ccccc21)c1ccc(C[N+](=O)[O-])cc1.CC. The Bertz CT molecular complexity index is 817. The van der Waals surface area contributed by atoms with Gasteiger partial charge in [0.25, 0.3) is 0 Å². The molecule has 1 atom stereocenters. The van der Waals surface area contributed by atoms with E-state index >= 15 is 0 Å². The number of benzene rings is 2. The van der Waals surface area contributed by atoms with Crippen LogP contribution >= 0.6 is 11.9 Å². The van der Waals surface area contributed by atoms with Crippen molar-refractivity contribution in [1.82, 2.24) is 0 Å². The Morgan fingerprint density at radius 2 is 1.93 bits per heavy atom. The van der Waals surface area contributed by atoms with Crippen LogP contribution in [0.3, 0.4) is 0 Å². The van der Waals surface area contributed by atoms with Gasteiger partial charge in [-0.3, -0.25) is 10.1 Å². The van der Waals surface area contributed by atoms with E-state index in [2.05, 4.69) is 5.92 Å². The molecule has 0 saturated heterocycles. The molecule has 27 heavy (non-hydrogen) atoms. The molecule has 0 amide bonds. The van der Waals surface area contributed by atoms with Crippen molar-refractivity contribution in [3.63, 3.8) is 0 Å². The fraction of sp³-hybridized carbons (Fsp3) is 0.333. The second kappa shape index (κ2) is 9.45. The van der Waals surface area contributed by atoms with Crippen LogP contribution in [0.25, 0.3) is 0 Å². The van der Waals surface area contributed by atoms with Gasteiger partial charge in [-0.25, -0.2) is 0 Å². The smallest absolute Gasteiger partial charge is 0.228 e. The first-order valence-electron chi connectivity index (χ1n) is 8.93. The van der Waals surface area contributed by atoms with Crippen LogP contribution in [0.5, 0.6) is 0 Å². The molecule has 1 aliphatic carbocycles. The zero-order valence-corrected chi connectivity index (χ0v) is 16.4. The van der Waals surface area contributed by atoms with E-state index in [1.807, 2.05) is 42.4 Å². The summed E-state index contributed by atoms with van der Waals surface area (Å²) >= 11 is 1.31. The highest BCUT2D eigenvalue weighted by molar-refractivity contribution is 8.01. The lowest BCUT2D eigenvalue weighted by Crippen LogP contribution is -2.27. The normalized spacial score (nSPS) is 17.3. The zero-order chi connectivity index (χ0) is 19.9. The van der Waals surface area contributed by atoms with Crippen molar-refractivity contribution in [1.29, 1.82) is 0 Å². The Morgan fingerprint density at radius 1 is 1.26 bits per heavy atom. The highest BCUT2D eigenvalue weighted by atomic mass is 32.2. The average molecular weight is 385 g/mol. The molecule has 1 unspecified atom stereocenters. The van der Waals surface area contributed by atoms with E-state index in [1.165, 1.54) is 11.9 Å². The number of nitrogens with zero attached hydrogens (tertiary/aromatic N) is 2. The van der Waals surface area contributed by atoms with E-state index in [9.17, 15) is 15.2 Å². The summed E-state index contributed by atoms with van der Waals surface area (Å²) in [6, 6.07) is 14.9. The minimum atomic E-state index is -1.02. The van der Waals surface area contributed by atoms with Gasteiger partial charge in [0, 0.05) is 16.2 Å². The molecule has 0 saturated carbocycles. The number of rotatable bonds is 6. The number of anilines is 1. The maximum absolute atomic E-state index is 11.1. The fourth-order valence-electron chi connectivity index (χ4n) is 3.01. The van der Waals surface area contributed by atoms with Gasteiger partial charge in [-0.1, -0.05) is 56.2 Å². The van der Waals surface area contributed by atoms with Crippen molar-refractivity contribution in [3.8, 4) is 12.3 Å². The highest BCUT2D eigenvalue weighted by Crippen LogP contribution is 2.47. The minimum Gasteiger partial charge on any atom is -0.373 e. The van der Waals surface area contributed by atoms with Crippen molar-refractivity contribution in [2.24, 2.45) is 0 Å². The Balaban J connectivity index is 0.00000126. The standard InChI is InChI=1S/C19H18N2O3S.C2H6/c1-2-13-20(17-9-7-15(8-10-17)14-21(23)24)25-19(22)12-11-16-5-3-4-6-18(16)19;1-2/h1,3-10,22H,11-14H2;1-2H3. The Kier molecular flexibility index (Phi) is 7.28. The molecular weight excluding hydrogens is 360 g/mol. The van der Waals surface area contributed by atoms with Crippen LogP contribution in [-0.4, -0.2) is 16.6 Å². The molecule has 1 aliphatic rings. The van der Waals surface area contributed by atoms with E-state index in [-0.39, 0.29) is 11.5 Å². The molecule has 6 heteroatoms. The molecule has 0 spiro atoms. The van der Waals surface area contributed by atoms with Gasteiger partial charge in [0.2, 0.25) is 6.54 Å². The lowest BCUT2D eigenvalue weighted by Gasteiger charge is -2.31. The molecule has 0 aromatic heterocycles. The molecule has 0 radical (unpaired) electrons. The number of terminal acetylenes is 1. The predicted molar refractivity (Wildman–Crippen MR) is 111 cm³/mol. The van der Waals surface area contributed by atoms with Crippen LogP contribution in [0.2, 0.25) is 0 Å². The van der Waals surface area contributed by atoms with Gasteiger partial charge in [0.15, 0.2) is 4.93 Å². The zero-order valence-electron chi connectivity index (χ0n) is 15.6. The lowest BCUT2D eigenvalue weighted by molar-refractivity contribution is -0.496. The third kappa shape index (κ3) is 5.03. The molecule has 0 heterocycles. The number of aryl methyl sites for hydroxylation is 1. The third-order valence-electron chi connectivity index (χ3n) is 4.20. The molecule has 0 aliphatic heterocycles. The second-order valence-corrected chi connectivity index (χ2v) is 7.23. The van der Waals surface area contributed by atoms with Crippen LogP contribution in [0.4, 0.5) is 5.69 Å². The molecule has 3 rings (SSSR count). The van der Waals surface area contributed by atoms with Gasteiger partial charge in [0.05, 0.1) is 6.54 Å². The first kappa shape index (κ1) is 20.8. The Labute approximate surface area is 164 Å². The highest BCUT2D eigenvalue weighted by Gasteiger charge is 2.39. The van der Waals surface area contributed by atoms with Crippen molar-refractivity contribution in [2.45, 2.75) is 38.2 Å². The summed E-state index contributed by atoms with van der Waals surface area (Å²) in [6.45, 7) is 4.11. The molecule has 0 fully saturated rings. The number of hydrogen-bond donors (Lipinski definition) is 1. The van der Waals surface area contributed by atoms with Gasteiger partial charge >= 0.3 is 0 Å². The molecule has 142 valence electrons. The summed E-state index contributed by atoms with van der Waals surface area (Å²) < 4.78 is 1.86. The maximum Gasteiger partial charge on any atom is 0.228 e. The van der Waals surface area contributed by atoms with E-state index in [4.69, 9.17) is 6.42 Å². The number of fused-ring (bicyclic) bond motifs is 1. The molecule has 1 N–H and O–H groups in total. The molecule has 0 bridgehead atoms. The molecule has 2 aromatic carbocycles. The van der Waals surface area contributed by atoms with Gasteiger partial charge in [-0.2, -0.15) is 0 Å². The Morgan fingerprint density at radius 3 is 2.56 bits per heavy atom. The summed E-state index contributed by atoms with van der Waals surface area (Å²) in [5.74, 6) is 2.61. The van der Waals surface area contributed by atoms with Gasteiger partial charge < -0.3 is 9.41 Å². The summed E-state index contributed by atoms with van der Waals surface area (Å²) in [4.78, 5) is 9.23. The van der Waals surface area contributed by atoms with Crippen LogP contribution in [0.1, 0.15) is 37.0 Å². The fourth-order valence-corrected chi connectivity index (χ4v) is 4.23. The first-order chi connectivity index (χ1) is 13.0. The van der Waals surface area contributed by atoms with Crippen LogP contribution < -0.4 is 4.31 Å². The minimum absolute atomic E-state index is 0.208. The summed E-state index contributed by atoms with van der Waals surface area (Å²) in [5, 5.41) is 21.7. The number of nitro groups is 1. The van der Waals surface area contributed by atoms with Gasteiger partial charge in [-0.15, -0.1) is 6.42 Å². The second-order valence-electron chi connectivity index (χ2n) is 5.93. The van der Waals surface area contributed by atoms with Gasteiger partial charge in [-0.05, 0) is 48.0 Å².